The zero-order valence-electron chi connectivity index (χ0n) is 10.4. The SMILES string of the molecule is CCOc1cn2ccnc2c(N2CCOCC2)n1. The molecule has 0 aliphatic carbocycles. The minimum atomic E-state index is 0.607. The summed E-state index contributed by atoms with van der Waals surface area (Å²) in [6, 6.07) is 0. The number of anilines is 1. The van der Waals surface area contributed by atoms with Crippen LogP contribution in [0.3, 0.4) is 0 Å². The Morgan fingerprint density at radius 3 is 3.00 bits per heavy atom. The maximum Gasteiger partial charge on any atom is 0.232 e. The lowest BCUT2D eigenvalue weighted by molar-refractivity contribution is 0.122. The first kappa shape index (κ1) is 11.3. The Hall–Kier alpha value is -1.82. The van der Waals surface area contributed by atoms with E-state index in [1.54, 1.807) is 6.20 Å². The van der Waals surface area contributed by atoms with Crippen molar-refractivity contribution in [2.24, 2.45) is 0 Å². The molecule has 0 aromatic carbocycles. The molecule has 3 heterocycles. The quantitative estimate of drug-likeness (QED) is 0.810. The number of aromatic nitrogens is 3. The van der Waals surface area contributed by atoms with Crippen LogP contribution in [0.1, 0.15) is 6.92 Å². The predicted molar refractivity (Wildman–Crippen MR) is 67.2 cm³/mol. The van der Waals surface area contributed by atoms with Gasteiger partial charge in [0.1, 0.15) is 0 Å². The molecule has 0 unspecified atom stereocenters. The zero-order valence-corrected chi connectivity index (χ0v) is 10.4. The summed E-state index contributed by atoms with van der Waals surface area (Å²) in [4.78, 5) is 11.1. The number of morpholine rings is 1. The third-order valence-electron chi connectivity index (χ3n) is 2.94. The van der Waals surface area contributed by atoms with E-state index in [1.165, 1.54) is 0 Å². The fraction of sp³-hybridized carbons (Fsp3) is 0.500. The van der Waals surface area contributed by atoms with Crippen molar-refractivity contribution < 1.29 is 9.47 Å². The summed E-state index contributed by atoms with van der Waals surface area (Å²) in [6.07, 6.45) is 5.54. The van der Waals surface area contributed by atoms with Gasteiger partial charge in [-0.05, 0) is 6.92 Å². The normalized spacial score (nSPS) is 16.2. The summed E-state index contributed by atoms with van der Waals surface area (Å²) in [5.74, 6) is 1.50. The zero-order chi connectivity index (χ0) is 12.4. The van der Waals surface area contributed by atoms with Crippen molar-refractivity contribution in [3.8, 4) is 5.88 Å². The maximum atomic E-state index is 5.50. The molecule has 96 valence electrons. The molecule has 1 fully saturated rings. The van der Waals surface area contributed by atoms with Crippen molar-refractivity contribution in [1.82, 2.24) is 14.4 Å². The minimum absolute atomic E-state index is 0.607. The molecule has 0 spiro atoms. The van der Waals surface area contributed by atoms with Gasteiger partial charge in [0, 0.05) is 25.5 Å². The molecule has 0 radical (unpaired) electrons. The van der Waals surface area contributed by atoms with Crippen LogP contribution in [0.4, 0.5) is 5.82 Å². The summed E-state index contributed by atoms with van der Waals surface area (Å²) >= 11 is 0. The Morgan fingerprint density at radius 2 is 2.22 bits per heavy atom. The van der Waals surface area contributed by atoms with Gasteiger partial charge < -0.3 is 14.4 Å². The van der Waals surface area contributed by atoms with E-state index in [0.717, 1.165) is 37.8 Å². The third kappa shape index (κ3) is 1.99. The predicted octanol–water partition coefficient (Wildman–Crippen LogP) is 0.965. The van der Waals surface area contributed by atoms with Crippen LogP contribution in [0.5, 0.6) is 5.88 Å². The molecule has 1 saturated heterocycles. The van der Waals surface area contributed by atoms with E-state index in [4.69, 9.17) is 9.47 Å². The van der Waals surface area contributed by atoms with E-state index >= 15 is 0 Å². The smallest absolute Gasteiger partial charge is 0.232 e. The Kier molecular flexibility index (Phi) is 3.02. The van der Waals surface area contributed by atoms with Crippen LogP contribution >= 0.6 is 0 Å². The van der Waals surface area contributed by atoms with Crippen LogP contribution in [0.2, 0.25) is 0 Å². The molecule has 2 aromatic heterocycles. The summed E-state index contributed by atoms with van der Waals surface area (Å²) in [5, 5.41) is 0. The van der Waals surface area contributed by atoms with E-state index in [2.05, 4.69) is 14.9 Å². The fourth-order valence-electron chi connectivity index (χ4n) is 2.10. The first-order valence-electron chi connectivity index (χ1n) is 6.17. The topological polar surface area (TPSA) is 51.9 Å². The van der Waals surface area contributed by atoms with Crippen molar-refractivity contribution in [2.45, 2.75) is 6.92 Å². The first-order chi connectivity index (χ1) is 8.88. The van der Waals surface area contributed by atoms with Gasteiger partial charge in [0.05, 0.1) is 26.0 Å². The van der Waals surface area contributed by atoms with Crippen molar-refractivity contribution >= 4 is 11.5 Å². The minimum Gasteiger partial charge on any atom is -0.477 e. The van der Waals surface area contributed by atoms with Gasteiger partial charge in [-0.15, -0.1) is 0 Å². The summed E-state index contributed by atoms with van der Waals surface area (Å²) in [5.41, 5.74) is 0.861. The maximum absolute atomic E-state index is 5.50. The number of fused-ring (bicyclic) bond motifs is 1. The molecule has 0 amide bonds. The lowest BCUT2D eigenvalue weighted by atomic mass is 10.4. The van der Waals surface area contributed by atoms with Crippen LogP contribution in [0.15, 0.2) is 18.6 Å². The highest BCUT2D eigenvalue weighted by atomic mass is 16.5. The van der Waals surface area contributed by atoms with Crippen molar-refractivity contribution in [2.75, 3.05) is 37.8 Å². The van der Waals surface area contributed by atoms with E-state index in [9.17, 15) is 0 Å². The van der Waals surface area contributed by atoms with Gasteiger partial charge in [-0.1, -0.05) is 0 Å². The molecule has 0 atom stereocenters. The van der Waals surface area contributed by atoms with Gasteiger partial charge in [-0.2, -0.15) is 4.98 Å². The molecule has 0 bridgehead atoms. The highest BCUT2D eigenvalue weighted by Crippen LogP contribution is 2.22. The van der Waals surface area contributed by atoms with Gasteiger partial charge in [-0.25, -0.2) is 4.98 Å². The van der Waals surface area contributed by atoms with Crippen molar-refractivity contribution in [1.29, 1.82) is 0 Å². The van der Waals surface area contributed by atoms with Crippen molar-refractivity contribution in [3.05, 3.63) is 18.6 Å². The first-order valence-corrected chi connectivity index (χ1v) is 6.17. The molecular weight excluding hydrogens is 232 g/mol. The average molecular weight is 248 g/mol. The third-order valence-corrected chi connectivity index (χ3v) is 2.94. The van der Waals surface area contributed by atoms with Crippen LogP contribution in [0.25, 0.3) is 5.65 Å². The standard InChI is InChI=1S/C12H16N4O2/c1-2-18-10-9-16-4-3-13-11(16)12(14-10)15-5-7-17-8-6-15/h3-4,9H,2,5-8H2,1H3. The number of ether oxygens (including phenoxy) is 2. The molecule has 3 rings (SSSR count). The van der Waals surface area contributed by atoms with Crippen LogP contribution in [0, 0.1) is 0 Å². The molecule has 6 nitrogen and oxygen atoms in total. The van der Waals surface area contributed by atoms with Gasteiger partial charge in [-0.3, -0.25) is 4.40 Å². The fourth-order valence-corrected chi connectivity index (χ4v) is 2.10. The molecule has 0 N–H and O–H groups in total. The Bertz CT molecular complexity index is 534. The molecule has 2 aromatic rings. The second kappa shape index (κ2) is 4.81. The highest BCUT2D eigenvalue weighted by molar-refractivity contribution is 5.65. The summed E-state index contributed by atoms with van der Waals surface area (Å²) < 4.78 is 12.8. The van der Waals surface area contributed by atoms with Crippen LogP contribution in [-0.2, 0) is 4.74 Å². The number of rotatable bonds is 3. The van der Waals surface area contributed by atoms with Crippen molar-refractivity contribution in [3.63, 3.8) is 0 Å². The molecule has 1 aliphatic heterocycles. The lowest BCUT2D eigenvalue weighted by Crippen LogP contribution is -2.37. The van der Waals surface area contributed by atoms with E-state index in [-0.39, 0.29) is 0 Å². The molecule has 6 heteroatoms. The Balaban J connectivity index is 2.03. The van der Waals surface area contributed by atoms with E-state index < -0.39 is 0 Å². The van der Waals surface area contributed by atoms with Gasteiger partial charge >= 0.3 is 0 Å². The lowest BCUT2D eigenvalue weighted by Gasteiger charge is -2.28. The number of hydrogen-bond donors (Lipinski definition) is 0. The summed E-state index contributed by atoms with van der Waals surface area (Å²) in [6.45, 7) is 5.70. The molecule has 18 heavy (non-hydrogen) atoms. The van der Waals surface area contributed by atoms with Gasteiger partial charge in [0.15, 0.2) is 11.5 Å². The Labute approximate surface area is 105 Å². The monoisotopic (exact) mass is 248 g/mol. The van der Waals surface area contributed by atoms with E-state index in [0.29, 0.717) is 12.5 Å². The van der Waals surface area contributed by atoms with Gasteiger partial charge in [0.2, 0.25) is 5.88 Å². The number of hydrogen-bond acceptors (Lipinski definition) is 5. The van der Waals surface area contributed by atoms with E-state index in [1.807, 2.05) is 23.7 Å². The average Bonchev–Trinajstić information content (AvgIpc) is 2.87. The largest absolute Gasteiger partial charge is 0.477 e. The molecule has 0 saturated carbocycles. The number of nitrogens with zero attached hydrogens (tertiary/aromatic N) is 4. The van der Waals surface area contributed by atoms with Crippen LogP contribution < -0.4 is 9.64 Å². The highest BCUT2D eigenvalue weighted by Gasteiger charge is 2.17. The second-order valence-electron chi connectivity index (χ2n) is 4.09. The molecule has 1 aliphatic rings. The summed E-state index contributed by atoms with van der Waals surface area (Å²) in [7, 11) is 0. The van der Waals surface area contributed by atoms with Gasteiger partial charge in [0.25, 0.3) is 0 Å². The Morgan fingerprint density at radius 1 is 1.39 bits per heavy atom. The van der Waals surface area contributed by atoms with Crippen LogP contribution in [-0.4, -0.2) is 47.3 Å². The second-order valence-corrected chi connectivity index (χ2v) is 4.09. The molecular formula is C12H16N4O2. The number of imidazole rings is 1.